The van der Waals surface area contributed by atoms with E-state index in [1.54, 1.807) is 11.3 Å². The highest BCUT2D eigenvalue weighted by Crippen LogP contribution is 2.40. The van der Waals surface area contributed by atoms with Crippen LogP contribution in [0.15, 0.2) is 17.5 Å². The predicted molar refractivity (Wildman–Crippen MR) is 69.2 cm³/mol. The molecule has 0 radical (unpaired) electrons. The van der Waals surface area contributed by atoms with Crippen LogP contribution in [0.4, 0.5) is 0 Å². The van der Waals surface area contributed by atoms with Gasteiger partial charge >= 0.3 is 7.12 Å². The summed E-state index contributed by atoms with van der Waals surface area (Å²) in [6, 6.07) is 4.00. The van der Waals surface area contributed by atoms with Crippen LogP contribution >= 0.6 is 11.3 Å². The molecule has 0 aromatic carbocycles. The van der Waals surface area contributed by atoms with Crippen LogP contribution in [0.1, 0.15) is 13.8 Å². The van der Waals surface area contributed by atoms with Crippen LogP contribution in [-0.2, 0) is 23.5 Å². The first-order valence-electron chi connectivity index (χ1n) is 6.44. The zero-order valence-electron chi connectivity index (χ0n) is 10.8. The van der Waals surface area contributed by atoms with Crippen molar-refractivity contribution in [1.82, 2.24) is 0 Å². The Labute approximate surface area is 115 Å². The third-order valence-corrected chi connectivity index (χ3v) is 4.45. The molecule has 4 rings (SSSR count). The van der Waals surface area contributed by atoms with E-state index in [1.807, 2.05) is 31.4 Å². The first-order chi connectivity index (χ1) is 9.12. The molecule has 4 heterocycles. The molecular weight excluding hydrogens is 267 g/mol. The van der Waals surface area contributed by atoms with Crippen molar-refractivity contribution in [3.05, 3.63) is 17.5 Å². The highest BCUT2D eigenvalue weighted by molar-refractivity contribution is 7.20. The van der Waals surface area contributed by atoms with Crippen LogP contribution in [0.2, 0.25) is 0 Å². The van der Waals surface area contributed by atoms with Crippen LogP contribution in [0, 0.1) is 0 Å². The van der Waals surface area contributed by atoms with Crippen molar-refractivity contribution in [3.63, 3.8) is 0 Å². The van der Waals surface area contributed by atoms with Gasteiger partial charge in [0.1, 0.15) is 18.3 Å². The standard InChI is InChI=1S/C12H15BO5S/c1-12(2)16-10-9-7(15-11(10)17-12)6-14-13(18-9)8-4-3-5-19-8/h3-5,7,9-11H,6H2,1-2H3/t7-,9+,10-,11-/m1/s1. The fraction of sp³-hybridized carbons (Fsp3) is 0.667. The molecule has 0 N–H and O–H groups in total. The minimum absolute atomic E-state index is 0.109. The van der Waals surface area contributed by atoms with E-state index in [0.29, 0.717) is 6.61 Å². The van der Waals surface area contributed by atoms with Crippen molar-refractivity contribution < 1.29 is 23.5 Å². The fourth-order valence-corrected chi connectivity index (χ4v) is 3.49. The molecule has 5 nitrogen and oxygen atoms in total. The fourth-order valence-electron chi connectivity index (χ4n) is 2.78. The average molecular weight is 282 g/mol. The minimum atomic E-state index is -0.611. The molecular formula is C12H15BO5S. The van der Waals surface area contributed by atoms with Crippen molar-refractivity contribution >= 4 is 23.2 Å². The average Bonchev–Trinajstić information content (AvgIpc) is 3.02. The molecule has 0 amide bonds. The van der Waals surface area contributed by atoms with Gasteiger partial charge < -0.3 is 23.5 Å². The molecule has 3 aliphatic rings. The quantitative estimate of drug-likeness (QED) is 0.711. The minimum Gasteiger partial charge on any atom is -0.404 e. The molecule has 1 aromatic rings. The van der Waals surface area contributed by atoms with Crippen molar-refractivity contribution in [2.45, 2.75) is 44.2 Å². The van der Waals surface area contributed by atoms with Gasteiger partial charge in [-0.2, -0.15) is 11.3 Å². The summed E-state index contributed by atoms with van der Waals surface area (Å²) in [7, 11) is -0.323. The lowest BCUT2D eigenvalue weighted by Crippen LogP contribution is -2.52. The monoisotopic (exact) mass is 282 g/mol. The van der Waals surface area contributed by atoms with E-state index in [4.69, 9.17) is 23.5 Å². The van der Waals surface area contributed by atoms with Crippen molar-refractivity contribution in [1.29, 1.82) is 0 Å². The molecule has 3 saturated heterocycles. The summed E-state index contributed by atoms with van der Waals surface area (Å²) in [5.41, 5.74) is 0. The number of hydrogen-bond donors (Lipinski definition) is 0. The lowest BCUT2D eigenvalue weighted by Gasteiger charge is -2.32. The van der Waals surface area contributed by atoms with Gasteiger partial charge in [-0.15, -0.1) is 0 Å². The zero-order valence-corrected chi connectivity index (χ0v) is 11.6. The molecule has 102 valence electrons. The van der Waals surface area contributed by atoms with Gasteiger partial charge in [-0.3, -0.25) is 0 Å². The summed E-state index contributed by atoms with van der Waals surface area (Å²) in [5.74, 6) is -0.611. The summed E-state index contributed by atoms with van der Waals surface area (Å²) >= 11 is 1.63. The van der Waals surface area contributed by atoms with Gasteiger partial charge in [0.05, 0.1) is 6.61 Å². The molecule has 3 fully saturated rings. The molecule has 0 spiro atoms. The van der Waals surface area contributed by atoms with Gasteiger partial charge in [0.2, 0.25) is 0 Å². The van der Waals surface area contributed by atoms with E-state index >= 15 is 0 Å². The van der Waals surface area contributed by atoms with E-state index in [2.05, 4.69) is 0 Å². The van der Waals surface area contributed by atoms with Crippen LogP contribution < -0.4 is 4.78 Å². The lowest BCUT2D eigenvalue weighted by molar-refractivity contribution is -0.221. The number of ether oxygens (including phenoxy) is 3. The second-order valence-corrected chi connectivity index (χ2v) is 6.40. The van der Waals surface area contributed by atoms with E-state index in [9.17, 15) is 0 Å². The molecule has 1 aromatic heterocycles. The van der Waals surface area contributed by atoms with Gasteiger partial charge in [0, 0.05) is 4.78 Å². The molecule has 0 bridgehead atoms. The molecule has 3 aliphatic heterocycles. The topological polar surface area (TPSA) is 46.2 Å². The van der Waals surface area contributed by atoms with Crippen LogP contribution in [0.25, 0.3) is 0 Å². The van der Waals surface area contributed by atoms with Crippen LogP contribution in [-0.4, -0.2) is 44.1 Å². The molecule has 0 unspecified atom stereocenters. The van der Waals surface area contributed by atoms with E-state index in [-0.39, 0.29) is 31.7 Å². The number of thiophene rings is 1. The van der Waals surface area contributed by atoms with Crippen molar-refractivity contribution in [2.75, 3.05) is 6.61 Å². The third-order valence-electron chi connectivity index (χ3n) is 3.56. The smallest absolute Gasteiger partial charge is 0.404 e. The zero-order chi connectivity index (χ0) is 13.0. The number of hydrogen-bond acceptors (Lipinski definition) is 6. The highest BCUT2D eigenvalue weighted by atomic mass is 32.1. The molecule has 0 saturated carbocycles. The lowest BCUT2D eigenvalue weighted by atomic mass is 9.84. The van der Waals surface area contributed by atoms with E-state index in [0.717, 1.165) is 4.78 Å². The van der Waals surface area contributed by atoms with Gasteiger partial charge in [0.25, 0.3) is 0 Å². The van der Waals surface area contributed by atoms with Gasteiger partial charge in [-0.1, -0.05) is 12.1 Å². The largest absolute Gasteiger partial charge is 0.504 e. The van der Waals surface area contributed by atoms with E-state index in [1.165, 1.54) is 0 Å². The second kappa shape index (κ2) is 4.28. The Hall–Kier alpha value is -0.435. The van der Waals surface area contributed by atoms with E-state index < -0.39 is 5.79 Å². The van der Waals surface area contributed by atoms with Crippen LogP contribution in [0.3, 0.4) is 0 Å². The first-order valence-corrected chi connectivity index (χ1v) is 7.32. The Morgan fingerprint density at radius 2 is 2.21 bits per heavy atom. The Morgan fingerprint density at radius 1 is 1.32 bits per heavy atom. The Morgan fingerprint density at radius 3 is 3.00 bits per heavy atom. The molecule has 19 heavy (non-hydrogen) atoms. The Bertz CT molecular complexity index is 465. The summed E-state index contributed by atoms with van der Waals surface area (Å²) in [6.45, 7) is 4.28. The maximum Gasteiger partial charge on any atom is 0.504 e. The Kier molecular flexibility index (Phi) is 2.77. The van der Waals surface area contributed by atoms with Crippen molar-refractivity contribution in [2.24, 2.45) is 0 Å². The second-order valence-electron chi connectivity index (χ2n) is 5.42. The first kappa shape index (κ1) is 12.3. The summed E-state index contributed by atoms with van der Waals surface area (Å²) in [5, 5.41) is 2.01. The number of rotatable bonds is 1. The molecule has 7 heteroatoms. The normalized spacial score (nSPS) is 40.2. The van der Waals surface area contributed by atoms with Gasteiger partial charge in [0.15, 0.2) is 12.1 Å². The molecule has 0 aliphatic carbocycles. The summed E-state index contributed by atoms with van der Waals surface area (Å²) < 4.78 is 30.2. The molecule has 4 atom stereocenters. The maximum atomic E-state index is 6.02. The van der Waals surface area contributed by atoms with Gasteiger partial charge in [-0.05, 0) is 19.2 Å². The summed E-state index contributed by atoms with van der Waals surface area (Å²) in [4.78, 5) is 0. The highest BCUT2D eigenvalue weighted by Gasteiger charge is 2.58. The van der Waals surface area contributed by atoms with Crippen LogP contribution in [0.5, 0.6) is 0 Å². The third kappa shape index (κ3) is 2.05. The number of fused-ring (bicyclic) bond motifs is 3. The van der Waals surface area contributed by atoms with Crippen molar-refractivity contribution in [3.8, 4) is 0 Å². The van der Waals surface area contributed by atoms with Gasteiger partial charge in [-0.25, -0.2) is 0 Å². The SMILES string of the molecule is CC1(C)O[C@H]2O[C@@H]3COB(c4cccs4)O[C@@H]3[C@H]2O1. The Balaban J connectivity index is 1.53. The summed E-state index contributed by atoms with van der Waals surface area (Å²) in [6.07, 6.45) is -0.767. The maximum absolute atomic E-state index is 6.02. The predicted octanol–water partition coefficient (Wildman–Crippen LogP) is 0.735.